The van der Waals surface area contributed by atoms with Crippen molar-refractivity contribution in [2.45, 2.75) is 32.2 Å². The summed E-state index contributed by atoms with van der Waals surface area (Å²) in [6.07, 6.45) is 9.88. The topological polar surface area (TPSA) is 47.3 Å². The first-order valence-corrected chi connectivity index (χ1v) is 7.69. The van der Waals surface area contributed by atoms with E-state index < -0.39 is 0 Å². The quantitative estimate of drug-likeness (QED) is 0.724. The third-order valence-corrected chi connectivity index (χ3v) is 3.66. The molecule has 0 atom stereocenters. The Morgan fingerprint density at radius 3 is 2.48 bits per heavy atom. The van der Waals surface area contributed by atoms with Gasteiger partial charge in [-0.15, -0.1) is 0 Å². The van der Waals surface area contributed by atoms with Gasteiger partial charge in [-0.3, -0.25) is 0 Å². The Kier molecular flexibility index (Phi) is 6.21. The maximum absolute atomic E-state index is 9.33. The molecule has 0 bridgehead atoms. The first-order valence-electron chi connectivity index (χ1n) is 6.93. The van der Waals surface area contributed by atoms with Gasteiger partial charge in [-0.05, 0) is 12.8 Å². The van der Waals surface area contributed by atoms with Crippen molar-refractivity contribution in [3.8, 4) is 11.5 Å². The van der Waals surface area contributed by atoms with Crippen LogP contribution < -0.4 is 4.74 Å². The number of nitrogens with zero attached hydrogens (tertiary/aromatic N) is 2. The number of aryl methyl sites for hydroxylation is 1. The number of imidazole rings is 1. The predicted octanol–water partition coefficient (Wildman–Crippen LogP) is 4.53. The fourth-order valence-corrected chi connectivity index (χ4v) is 2.61. The first kappa shape index (κ1) is 16.0. The normalized spacial score (nSPS) is 10.8. The van der Waals surface area contributed by atoms with Gasteiger partial charge in [0.15, 0.2) is 5.75 Å². The minimum atomic E-state index is 0.0388. The minimum absolute atomic E-state index is 0.0388. The molecule has 0 saturated heterocycles. The van der Waals surface area contributed by atoms with Crippen LogP contribution in [0.2, 0.25) is 10.0 Å². The fraction of sp³-hybridized carbons (Fsp3) is 0.400. The molecular formula is C15H18Cl2N2O2. The summed E-state index contributed by atoms with van der Waals surface area (Å²) in [5, 5.41) is 10.0. The molecule has 6 heteroatoms. The summed E-state index contributed by atoms with van der Waals surface area (Å²) in [6, 6.07) is 2.85. The number of halogens is 2. The molecule has 4 nitrogen and oxygen atoms in total. The largest absolute Gasteiger partial charge is 0.508 e. The van der Waals surface area contributed by atoms with Crippen LogP contribution in [-0.4, -0.2) is 21.3 Å². The van der Waals surface area contributed by atoms with Gasteiger partial charge in [0, 0.05) is 31.1 Å². The molecule has 1 aromatic heterocycles. The van der Waals surface area contributed by atoms with Gasteiger partial charge in [0.25, 0.3) is 0 Å². The highest BCUT2D eigenvalue weighted by atomic mass is 35.5. The van der Waals surface area contributed by atoms with Gasteiger partial charge in [-0.2, -0.15) is 0 Å². The molecule has 1 N–H and O–H groups in total. The Hall–Kier alpha value is -1.39. The highest BCUT2D eigenvalue weighted by Crippen LogP contribution is 2.36. The van der Waals surface area contributed by atoms with E-state index in [0.717, 1.165) is 32.2 Å². The van der Waals surface area contributed by atoms with E-state index in [-0.39, 0.29) is 5.75 Å². The Morgan fingerprint density at radius 1 is 1.10 bits per heavy atom. The fourth-order valence-electron chi connectivity index (χ4n) is 2.03. The van der Waals surface area contributed by atoms with Crippen molar-refractivity contribution in [1.29, 1.82) is 0 Å². The van der Waals surface area contributed by atoms with E-state index in [0.29, 0.717) is 22.4 Å². The van der Waals surface area contributed by atoms with Crippen molar-refractivity contribution in [3.63, 3.8) is 0 Å². The number of phenols is 1. The standard InChI is InChI=1S/C15H18Cl2N2O2/c16-13-9-12(20)10-14(17)15(13)21-8-4-2-1-3-6-19-7-5-18-11-19/h5,7,9-11,20H,1-4,6,8H2. The van der Waals surface area contributed by atoms with Crippen molar-refractivity contribution in [2.75, 3.05) is 6.61 Å². The van der Waals surface area contributed by atoms with E-state index in [9.17, 15) is 5.11 Å². The van der Waals surface area contributed by atoms with E-state index in [2.05, 4.69) is 9.55 Å². The molecule has 0 saturated carbocycles. The van der Waals surface area contributed by atoms with Crippen LogP contribution in [0.4, 0.5) is 0 Å². The third-order valence-electron chi connectivity index (χ3n) is 3.10. The molecule has 0 unspecified atom stereocenters. The highest BCUT2D eigenvalue weighted by Gasteiger charge is 2.09. The molecule has 0 aliphatic rings. The van der Waals surface area contributed by atoms with Crippen LogP contribution in [-0.2, 0) is 6.54 Å². The van der Waals surface area contributed by atoms with Gasteiger partial charge in [-0.25, -0.2) is 4.98 Å². The molecule has 0 aliphatic carbocycles. The zero-order chi connectivity index (χ0) is 15.1. The van der Waals surface area contributed by atoms with Gasteiger partial charge in [0.1, 0.15) is 5.75 Å². The van der Waals surface area contributed by atoms with E-state index in [4.69, 9.17) is 27.9 Å². The molecular weight excluding hydrogens is 311 g/mol. The molecule has 0 aliphatic heterocycles. The van der Waals surface area contributed by atoms with Crippen molar-refractivity contribution >= 4 is 23.2 Å². The Labute approximate surface area is 134 Å². The SMILES string of the molecule is Oc1cc(Cl)c(OCCCCCCn2ccnc2)c(Cl)c1. The molecule has 0 amide bonds. The number of unbranched alkanes of at least 4 members (excludes halogenated alkanes) is 3. The molecule has 114 valence electrons. The van der Waals surface area contributed by atoms with Crippen LogP contribution in [0.25, 0.3) is 0 Å². The van der Waals surface area contributed by atoms with Gasteiger partial charge in [0.05, 0.1) is 23.0 Å². The Bertz CT molecular complexity index is 536. The predicted molar refractivity (Wildman–Crippen MR) is 84.3 cm³/mol. The molecule has 1 aromatic carbocycles. The lowest BCUT2D eigenvalue weighted by Gasteiger charge is -2.10. The van der Waals surface area contributed by atoms with Crippen LogP contribution in [0.1, 0.15) is 25.7 Å². The number of rotatable bonds is 8. The average Bonchev–Trinajstić information content (AvgIpc) is 2.93. The van der Waals surface area contributed by atoms with Crippen LogP contribution in [0.15, 0.2) is 30.9 Å². The van der Waals surface area contributed by atoms with Crippen LogP contribution in [0, 0.1) is 0 Å². The summed E-state index contributed by atoms with van der Waals surface area (Å²) in [6.45, 7) is 1.56. The van der Waals surface area contributed by atoms with Gasteiger partial charge in [0.2, 0.25) is 0 Å². The minimum Gasteiger partial charge on any atom is -0.508 e. The molecule has 21 heavy (non-hydrogen) atoms. The lowest BCUT2D eigenvalue weighted by atomic mass is 10.2. The second-order valence-electron chi connectivity index (χ2n) is 4.80. The third kappa shape index (κ3) is 5.14. The second-order valence-corrected chi connectivity index (χ2v) is 5.62. The van der Waals surface area contributed by atoms with E-state index in [1.54, 1.807) is 6.20 Å². The lowest BCUT2D eigenvalue weighted by Crippen LogP contribution is -1.99. The van der Waals surface area contributed by atoms with Crippen LogP contribution in [0.5, 0.6) is 11.5 Å². The number of hydrogen-bond acceptors (Lipinski definition) is 3. The Morgan fingerprint density at radius 2 is 1.81 bits per heavy atom. The molecule has 2 rings (SSSR count). The molecule has 0 radical (unpaired) electrons. The number of aromatic nitrogens is 2. The molecule has 2 aromatic rings. The monoisotopic (exact) mass is 328 g/mol. The van der Waals surface area contributed by atoms with Crippen LogP contribution in [0.3, 0.4) is 0 Å². The van der Waals surface area contributed by atoms with E-state index in [1.807, 2.05) is 12.5 Å². The summed E-state index contributed by atoms with van der Waals surface area (Å²) in [5.74, 6) is 0.478. The van der Waals surface area contributed by atoms with Gasteiger partial charge in [-0.1, -0.05) is 36.0 Å². The smallest absolute Gasteiger partial charge is 0.156 e. The number of ether oxygens (including phenoxy) is 1. The van der Waals surface area contributed by atoms with Crippen LogP contribution >= 0.6 is 23.2 Å². The number of benzene rings is 1. The number of hydrogen-bond donors (Lipinski definition) is 1. The first-order chi connectivity index (χ1) is 10.2. The molecule has 1 heterocycles. The maximum atomic E-state index is 9.33. The zero-order valence-electron chi connectivity index (χ0n) is 11.6. The molecule has 0 spiro atoms. The average molecular weight is 329 g/mol. The van der Waals surface area contributed by atoms with Crippen molar-refractivity contribution in [1.82, 2.24) is 9.55 Å². The Balaban J connectivity index is 1.62. The lowest BCUT2D eigenvalue weighted by molar-refractivity contribution is 0.304. The van der Waals surface area contributed by atoms with Crippen molar-refractivity contribution in [2.24, 2.45) is 0 Å². The van der Waals surface area contributed by atoms with Crippen molar-refractivity contribution < 1.29 is 9.84 Å². The number of aromatic hydroxyl groups is 1. The zero-order valence-corrected chi connectivity index (χ0v) is 13.1. The summed E-state index contributed by atoms with van der Waals surface area (Å²) >= 11 is 12.0. The van der Waals surface area contributed by atoms with Gasteiger partial charge >= 0.3 is 0 Å². The molecule has 0 fully saturated rings. The highest BCUT2D eigenvalue weighted by molar-refractivity contribution is 6.37. The van der Waals surface area contributed by atoms with Crippen molar-refractivity contribution in [3.05, 3.63) is 40.9 Å². The summed E-state index contributed by atoms with van der Waals surface area (Å²) in [4.78, 5) is 4.01. The second kappa shape index (κ2) is 8.15. The summed E-state index contributed by atoms with van der Waals surface area (Å²) in [5.41, 5.74) is 0. The summed E-state index contributed by atoms with van der Waals surface area (Å²) in [7, 11) is 0. The summed E-state index contributed by atoms with van der Waals surface area (Å²) < 4.78 is 7.66. The van der Waals surface area contributed by atoms with E-state index >= 15 is 0 Å². The van der Waals surface area contributed by atoms with Gasteiger partial charge < -0.3 is 14.4 Å². The number of phenolic OH excluding ortho intramolecular Hbond substituents is 1. The maximum Gasteiger partial charge on any atom is 0.156 e. The van der Waals surface area contributed by atoms with E-state index in [1.165, 1.54) is 12.1 Å².